The van der Waals surface area contributed by atoms with Gasteiger partial charge < -0.3 is 5.32 Å². The highest BCUT2D eigenvalue weighted by Crippen LogP contribution is 2.28. The summed E-state index contributed by atoms with van der Waals surface area (Å²) in [7, 11) is 0. The van der Waals surface area contributed by atoms with Crippen LogP contribution in [0.5, 0.6) is 0 Å². The monoisotopic (exact) mass is 439 g/mol. The standard InChI is InChI=1S/C19H14BrN5O3/c20-16-7-1-2-8-17(16)22-19(26)15-12-24(10-4-9-21)23-18(15)13-5-3-6-14(11-13)25(27)28/h1-3,5-8,11-12H,4,10H2,(H,22,26). The van der Waals surface area contributed by atoms with Crippen molar-refractivity contribution in [1.82, 2.24) is 9.78 Å². The number of anilines is 1. The minimum atomic E-state index is -0.503. The van der Waals surface area contributed by atoms with E-state index in [9.17, 15) is 14.9 Å². The molecule has 0 radical (unpaired) electrons. The fraction of sp³-hybridized carbons (Fsp3) is 0.105. The molecule has 9 heteroatoms. The molecule has 140 valence electrons. The van der Waals surface area contributed by atoms with E-state index >= 15 is 0 Å². The Labute approximate surface area is 168 Å². The number of amides is 1. The third kappa shape index (κ3) is 4.24. The fourth-order valence-electron chi connectivity index (χ4n) is 2.60. The Balaban J connectivity index is 2.02. The molecule has 3 aromatic rings. The topological polar surface area (TPSA) is 114 Å². The number of nitro benzene ring substituents is 1. The van der Waals surface area contributed by atoms with Crippen molar-refractivity contribution in [1.29, 1.82) is 5.26 Å². The van der Waals surface area contributed by atoms with Crippen LogP contribution in [0.25, 0.3) is 11.3 Å². The molecule has 3 rings (SSSR count). The van der Waals surface area contributed by atoms with Gasteiger partial charge in [-0.2, -0.15) is 10.4 Å². The lowest BCUT2D eigenvalue weighted by Gasteiger charge is -2.07. The molecule has 0 aliphatic carbocycles. The van der Waals surface area contributed by atoms with Crippen LogP contribution in [0.2, 0.25) is 0 Å². The number of hydrogen-bond donors (Lipinski definition) is 1. The first-order valence-corrected chi connectivity index (χ1v) is 9.04. The number of nitrogens with zero attached hydrogens (tertiary/aromatic N) is 4. The van der Waals surface area contributed by atoms with Crippen molar-refractivity contribution in [2.24, 2.45) is 0 Å². The average molecular weight is 440 g/mol. The quantitative estimate of drug-likeness (QED) is 0.451. The SMILES string of the molecule is N#CCCn1cc(C(=O)Nc2ccccc2Br)c(-c2cccc([N+](=O)[O-])c2)n1. The number of aromatic nitrogens is 2. The lowest BCUT2D eigenvalue weighted by Crippen LogP contribution is -2.12. The predicted octanol–water partition coefficient (Wildman–Crippen LogP) is 4.39. The largest absolute Gasteiger partial charge is 0.321 e. The van der Waals surface area contributed by atoms with E-state index in [-0.39, 0.29) is 17.7 Å². The molecule has 1 N–H and O–H groups in total. The summed E-state index contributed by atoms with van der Waals surface area (Å²) < 4.78 is 2.21. The van der Waals surface area contributed by atoms with Gasteiger partial charge >= 0.3 is 0 Å². The fourth-order valence-corrected chi connectivity index (χ4v) is 2.98. The van der Waals surface area contributed by atoms with E-state index in [1.807, 2.05) is 12.1 Å². The van der Waals surface area contributed by atoms with E-state index in [1.54, 1.807) is 24.3 Å². The molecule has 0 atom stereocenters. The lowest BCUT2D eigenvalue weighted by molar-refractivity contribution is -0.384. The second-order valence-corrected chi connectivity index (χ2v) is 6.66. The second-order valence-electron chi connectivity index (χ2n) is 5.80. The van der Waals surface area contributed by atoms with E-state index in [4.69, 9.17) is 5.26 Å². The van der Waals surface area contributed by atoms with Crippen LogP contribution in [-0.2, 0) is 6.54 Å². The summed E-state index contributed by atoms with van der Waals surface area (Å²) in [6.45, 7) is 0.306. The molecular formula is C19H14BrN5O3. The number of rotatable bonds is 6. The number of nitrogens with one attached hydrogen (secondary N) is 1. The van der Waals surface area contributed by atoms with Crippen molar-refractivity contribution in [3.05, 3.63) is 74.9 Å². The smallest absolute Gasteiger partial charge is 0.270 e. The number of aryl methyl sites for hydroxylation is 1. The van der Waals surface area contributed by atoms with Gasteiger partial charge in [-0.15, -0.1) is 0 Å². The first kappa shape index (κ1) is 19.3. The molecule has 0 unspecified atom stereocenters. The van der Waals surface area contributed by atoms with Gasteiger partial charge in [-0.3, -0.25) is 19.6 Å². The molecule has 1 heterocycles. The zero-order valence-electron chi connectivity index (χ0n) is 14.5. The van der Waals surface area contributed by atoms with Crippen molar-refractivity contribution in [3.8, 4) is 17.3 Å². The van der Waals surface area contributed by atoms with Crippen LogP contribution in [0.1, 0.15) is 16.8 Å². The first-order chi connectivity index (χ1) is 13.5. The first-order valence-electron chi connectivity index (χ1n) is 8.24. The molecule has 2 aromatic carbocycles. The maximum absolute atomic E-state index is 12.9. The van der Waals surface area contributed by atoms with Crippen LogP contribution < -0.4 is 5.32 Å². The van der Waals surface area contributed by atoms with Crippen LogP contribution in [0, 0.1) is 21.4 Å². The van der Waals surface area contributed by atoms with E-state index < -0.39 is 10.8 Å². The van der Waals surface area contributed by atoms with E-state index in [2.05, 4.69) is 26.3 Å². The molecule has 0 spiro atoms. The molecule has 28 heavy (non-hydrogen) atoms. The normalized spacial score (nSPS) is 10.3. The maximum atomic E-state index is 12.9. The molecule has 0 fully saturated rings. The minimum absolute atomic E-state index is 0.0961. The average Bonchev–Trinajstić information content (AvgIpc) is 3.12. The summed E-state index contributed by atoms with van der Waals surface area (Å²) in [5.74, 6) is -0.406. The number of non-ortho nitro benzene ring substituents is 1. The van der Waals surface area contributed by atoms with E-state index in [1.165, 1.54) is 29.1 Å². The van der Waals surface area contributed by atoms with Crippen LogP contribution in [0.15, 0.2) is 59.2 Å². The molecule has 0 saturated heterocycles. The van der Waals surface area contributed by atoms with E-state index in [0.717, 1.165) is 4.47 Å². The number of benzene rings is 2. The molecule has 8 nitrogen and oxygen atoms in total. The Hall–Kier alpha value is -3.51. The molecule has 1 amide bonds. The predicted molar refractivity (Wildman–Crippen MR) is 107 cm³/mol. The van der Waals surface area contributed by atoms with Crippen molar-refractivity contribution in [2.75, 3.05) is 5.32 Å². The van der Waals surface area contributed by atoms with E-state index in [0.29, 0.717) is 23.5 Å². The van der Waals surface area contributed by atoms with Gasteiger partial charge in [0, 0.05) is 28.4 Å². The number of carbonyl (C=O) groups is 1. The number of halogens is 1. The lowest BCUT2D eigenvalue weighted by atomic mass is 10.1. The van der Waals surface area contributed by atoms with Gasteiger partial charge in [-0.05, 0) is 28.1 Å². The van der Waals surface area contributed by atoms with Gasteiger partial charge in [-0.25, -0.2) is 0 Å². The zero-order valence-corrected chi connectivity index (χ0v) is 16.1. The highest BCUT2D eigenvalue weighted by atomic mass is 79.9. The Morgan fingerprint density at radius 3 is 2.79 bits per heavy atom. The number of para-hydroxylation sites is 1. The molecule has 0 saturated carbocycles. The summed E-state index contributed by atoms with van der Waals surface area (Å²) in [5.41, 5.74) is 1.51. The summed E-state index contributed by atoms with van der Waals surface area (Å²) in [4.78, 5) is 23.5. The number of hydrogen-bond acceptors (Lipinski definition) is 5. The highest BCUT2D eigenvalue weighted by Gasteiger charge is 2.20. The van der Waals surface area contributed by atoms with Crippen LogP contribution in [0.4, 0.5) is 11.4 Å². The summed E-state index contributed by atoms with van der Waals surface area (Å²) in [5, 5.41) is 27.1. The molecule has 0 aliphatic rings. The van der Waals surface area contributed by atoms with Crippen molar-refractivity contribution in [2.45, 2.75) is 13.0 Å². The number of nitro groups is 1. The summed E-state index contributed by atoms with van der Waals surface area (Å²) in [6.07, 6.45) is 1.76. The van der Waals surface area contributed by atoms with Gasteiger partial charge in [0.1, 0.15) is 5.69 Å². The maximum Gasteiger partial charge on any atom is 0.270 e. The second kappa shape index (κ2) is 8.45. The van der Waals surface area contributed by atoms with Gasteiger partial charge in [0.25, 0.3) is 11.6 Å². The summed E-state index contributed by atoms with van der Waals surface area (Å²) >= 11 is 3.38. The molecule has 0 bridgehead atoms. The van der Waals surface area contributed by atoms with Gasteiger partial charge in [0.05, 0.1) is 35.2 Å². The summed E-state index contributed by atoms with van der Waals surface area (Å²) in [6, 6.07) is 15.1. The van der Waals surface area contributed by atoms with Crippen LogP contribution in [-0.4, -0.2) is 20.6 Å². The van der Waals surface area contributed by atoms with Crippen LogP contribution >= 0.6 is 15.9 Å². The Kier molecular flexibility index (Phi) is 5.81. The van der Waals surface area contributed by atoms with Crippen molar-refractivity contribution in [3.63, 3.8) is 0 Å². The molecule has 0 aliphatic heterocycles. The minimum Gasteiger partial charge on any atom is -0.321 e. The Morgan fingerprint density at radius 2 is 2.07 bits per heavy atom. The molecular weight excluding hydrogens is 426 g/mol. The third-order valence-corrected chi connectivity index (χ3v) is 4.60. The zero-order chi connectivity index (χ0) is 20.1. The van der Waals surface area contributed by atoms with Gasteiger partial charge in [0.2, 0.25) is 0 Å². The Morgan fingerprint density at radius 1 is 1.29 bits per heavy atom. The van der Waals surface area contributed by atoms with Crippen molar-refractivity contribution >= 4 is 33.2 Å². The highest BCUT2D eigenvalue weighted by molar-refractivity contribution is 9.10. The van der Waals surface area contributed by atoms with Gasteiger partial charge in [0.15, 0.2) is 0 Å². The third-order valence-electron chi connectivity index (χ3n) is 3.91. The van der Waals surface area contributed by atoms with Crippen LogP contribution in [0.3, 0.4) is 0 Å². The van der Waals surface area contributed by atoms with Gasteiger partial charge in [-0.1, -0.05) is 24.3 Å². The molecule has 1 aromatic heterocycles. The Bertz CT molecular complexity index is 1090. The van der Waals surface area contributed by atoms with Crippen molar-refractivity contribution < 1.29 is 9.72 Å². The number of nitriles is 1. The number of carbonyl (C=O) groups excluding carboxylic acids is 1.